The Hall–Kier alpha value is -0.180. The summed E-state index contributed by atoms with van der Waals surface area (Å²) in [5, 5.41) is 4.79. The summed E-state index contributed by atoms with van der Waals surface area (Å²) in [5.41, 5.74) is 0. The maximum atomic E-state index is 4.51. The molecule has 1 fully saturated rings. The molecule has 1 unspecified atom stereocenters. The van der Waals surface area contributed by atoms with E-state index in [9.17, 15) is 0 Å². The highest BCUT2D eigenvalue weighted by Crippen LogP contribution is 2.34. The summed E-state index contributed by atoms with van der Waals surface area (Å²) in [6.07, 6.45) is 6.75. The van der Waals surface area contributed by atoms with Gasteiger partial charge in [0.05, 0.1) is 0 Å². The highest BCUT2D eigenvalue weighted by atomic mass is 32.2. The second kappa shape index (κ2) is 5.06. The van der Waals surface area contributed by atoms with Crippen molar-refractivity contribution in [3.8, 4) is 0 Å². The summed E-state index contributed by atoms with van der Waals surface area (Å²) in [7, 11) is 0. The van der Waals surface area contributed by atoms with Gasteiger partial charge in [0.15, 0.2) is 5.17 Å². The van der Waals surface area contributed by atoms with Crippen LogP contribution in [0.15, 0.2) is 4.99 Å². The Bertz CT molecular complexity index is 211. The molecule has 0 spiro atoms. The molecule has 1 aliphatic carbocycles. The summed E-state index contributed by atoms with van der Waals surface area (Å²) < 4.78 is 0. The van der Waals surface area contributed by atoms with E-state index in [2.05, 4.69) is 17.2 Å². The Morgan fingerprint density at radius 3 is 3.00 bits per heavy atom. The van der Waals surface area contributed by atoms with Crippen molar-refractivity contribution >= 4 is 16.9 Å². The average molecular weight is 212 g/mol. The van der Waals surface area contributed by atoms with E-state index in [1.54, 1.807) is 0 Å². The number of rotatable bonds is 4. The number of hydrogen-bond donors (Lipinski definition) is 1. The van der Waals surface area contributed by atoms with Gasteiger partial charge in [-0.05, 0) is 25.2 Å². The highest BCUT2D eigenvalue weighted by Gasteiger charge is 2.25. The Labute approximate surface area is 90.9 Å². The topological polar surface area (TPSA) is 24.4 Å². The minimum Gasteiger partial charge on any atom is -0.362 e. The summed E-state index contributed by atoms with van der Waals surface area (Å²) >= 11 is 1.89. The van der Waals surface area contributed by atoms with E-state index in [1.165, 1.54) is 43.0 Å². The molecule has 0 amide bonds. The van der Waals surface area contributed by atoms with Crippen LogP contribution in [-0.2, 0) is 0 Å². The van der Waals surface area contributed by atoms with Crippen LogP contribution in [-0.4, -0.2) is 23.5 Å². The number of nitrogens with one attached hydrogen (secondary N) is 1. The summed E-state index contributed by atoms with van der Waals surface area (Å²) in [4.78, 5) is 4.51. The largest absolute Gasteiger partial charge is 0.362 e. The number of hydrogen-bond acceptors (Lipinski definition) is 3. The van der Waals surface area contributed by atoms with Gasteiger partial charge in [0.1, 0.15) is 0 Å². The molecule has 1 heterocycles. The van der Waals surface area contributed by atoms with E-state index in [0.29, 0.717) is 6.04 Å². The molecule has 2 nitrogen and oxygen atoms in total. The van der Waals surface area contributed by atoms with Gasteiger partial charge in [0.25, 0.3) is 0 Å². The van der Waals surface area contributed by atoms with Gasteiger partial charge in [-0.15, -0.1) is 0 Å². The van der Waals surface area contributed by atoms with Crippen LogP contribution >= 0.6 is 11.8 Å². The Kier molecular flexibility index (Phi) is 3.74. The van der Waals surface area contributed by atoms with Crippen LogP contribution in [0.5, 0.6) is 0 Å². The summed E-state index contributed by atoms with van der Waals surface area (Å²) in [5.74, 6) is 2.26. The Morgan fingerprint density at radius 1 is 1.57 bits per heavy atom. The van der Waals surface area contributed by atoms with E-state index >= 15 is 0 Å². The van der Waals surface area contributed by atoms with Gasteiger partial charge in [-0.1, -0.05) is 31.5 Å². The van der Waals surface area contributed by atoms with Crippen LogP contribution in [0.4, 0.5) is 0 Å². The molecular weight excluding hydrogens is 192 g/mol. The minimum absolute atomic E-state index is 0.673. The van der Waals surface area contributed by atoms with Gasteiger partial charge >= 0.3 is 0 Å². The fourth-order valence-corrected chi connectivity index (χ4v) is 2.70. The SMILES string of the molecule is CCC(CC1CC1)NC1=NCCCS1. The van der Waals surface area contributed by atoms with Gasteiger partial charge in [-0.2, -0.15) is 0 Å². The predicted octanol–water partition coefficient (Wildman–Crippen LogP) is 2.65. The average Bonchev–Trinajstić information content (AvgIpc) is 3.02. The fourth-order valence-electron chi connectivity index (χ4n) is 1.81. The van der Waals surface area contributed by atoms with Gasteiger partial charge in [-0.3, -0.25) is 4.99 Å². The first kappa shape index (κ1) is 10.3. The first-order chi connectivity index (χ1) is 6.88. The van der Waals surface area contributed by atoms with Crippen LogP contribution in [0.2, 0.25) is 0 Å². The molecule has 0 aromatic rings. The predicted molar refractivity (Wildman–Crippen MR) is 63.9 cm³/mol. The zero-order valence-electron chi connectivity index (χ0n) is 8.96. The third-order valence-corrected chi connectivity index (χ3v) is 3.95. The molecule has 2 aliphatic rings. The van der Waals surface area contributed by atoms with Crippen molar-refractivity contribution in [3.05, 3.63) is 0 Å². The lowest BCUT2D eigenvalue weighted by Gasteiger charge is -2.20. The Morgan fingerprint density at radius 2 is 2.43 bits per heavy atom. The number of nitrogens with zero attached hydrogens (tertiary/aromatic N) is 1. The molecular formula is C11H20N2S. The lowest BCUT2D eigenvalue weighted by molar-refractivity contribution is 0.512. The van der Waals surface area contributed by atoms with Crippen LogP contribution < -0.4 is 5.32 Å². The molecule has 0 aromatic carbocycles. The maximum absolute atomic E-state index is 4.51. The van der Waals surface area contributed by atoms with E-state index in [4.69, 9.17) is 0 Å². The molecule has 0 radical (unpaired) electrons. The molecule has 3 heteroatoms. The van der Waals surface area contributed by atoms with Gasteiger partial charge in [0, 0.05) is 18.3 Å². The number of thioether (sulfide) groups is 1. The van der Waals surface area contributed by atoms with E-state index in [-0.39, 0.29) is 0 Å². The third-order valence-electron chi connectivity index (χ3n) is 2.93. The third kappa shape index (κ3) is 3.19. The van der Waals surface area contributed by atoms with E-state index < -0.39 is 0 Å². The summed E-state index contributed by atoms with van der Waals surface area (Å²) in [6.45, 7) is 3.29. The first-order valence-electron chi connectivity index (χ1n) is 5.82. The van der Waals surface area contributed by atoms with Crippen LogP contribution in [0.25, 0.3) is 0 Å². The van der Waals surface area contributed by atoms with Crippen molar-refractivity contribution in [2.75, 3.05) is 12.3 Å². The molecule has 1 N–H and O–H groups in total. The van der Waals surface area contributed by atoms with Crippen molar-refractivity contribution in [2.24, 2.45) is 10.9 Å². The second-order valence-electron chi connectivity index (χ2n) is 4.32. The first-order valence-corrected chi connectivity index (χ1v) is 6.81. The second-order valence-corrected chi connectivity index (χ2v) is 5.40. The molecule has 1 aliphatic heterocycles. The lowest BCUT2D eigenvalue weighted by atomic mass is 10.1. The molecule has 1 atom stereocenters. The zero-order valence-corrected chi connectivity index (χ0v) is 9.78. The summed E-state index contributed by atoms with van der Waals surface area (Å²) in [6, 6.07) is 0.673. The van der Waals surface area contributed by atoms with Crippen molar-refractivity contribution in [1.29, 1.82) is 0 Å². The fraction of sp³-hybridized carbons (Fsp3) is 0.909. The maximum Gasteiger partial charge on any atom is 0.156 e. The molecule has 0 aromatic heterocycles. The minimum atomic E-state index is 0.673. The van der Waals surface area contributed by atoms with Crippen molar-refractivity contribution in [1.82, 2.24) is 5.32 Å². The molecule has 14 heavy (non-hydrogen) atoms. The number of aliphatic imine (C=N–C) groups is 1. The molecule has 0 bridgehead atoms. The molecule has 80 valence electrons. The zero-order chi connectivity index (χ0) is 9.80. The highest BCUT2D eigenvalue weighted by molar-refractivity contribution is 8.13. The van der Waals surface area contributed by atoms with Crippen molar-refractivity contribution < 1.29 is 0 Å². The van der Waals surface area contributed by atoms with Gasteiger partial charge < -0.3 is 5.32 Å². The van der Waals surface area contributed by atoms with Gasteiger partial charge in [-0.25, -0.2) is 0 Å². The Balaban J connectivity index is 1.76. The monoisotopic (exact) mass is 212 g/mol. The van der Waals surface area contributed by atoms with Crippen LogP contribution in [0.3, 0.4) is 0 Å². The van der Waals surface area contributed by atoms with E-state index in [1.807, 2.05) is 11.8 Å². The number of amidine groups is 1. The van der Waals surface area contributed by atoms with Gasteiger partial charge in [0.2, 0.25) is 0 Å². The molecule has 0 saturated heterocycles. The molecule has 1 saturated carbocycles. The quantitative estimate of drug-likeness (QED) is 0.775. The smallest absolute Gasteiger partial charge is 0.156 e. The lowest BCUT2D eigenvalue weighted by Crippen LogP contribution is -2.34. The van der Waals surface area contributed by atoms with Crippen molar-refractivity contribution in [2.45, 2.75) is 45.1 Å². The van der Waals surface area contributed by atoms with Crippen molar-refractivity contribution in [3.63, 3.8) is 0 Å². The standard InChI is InChI=1S/C11H20N2S/c1-2-10(8-9-4-5-9)13-11-12-6-3-7-14-11/h9-10H,2-8H2,1H3,(H,12,13). The normalized spacial score (nSPS) is 24.2. The van der Waals surface area contributed by atoms with E-state index in [0.717, 1.165) is 12.5 Å². The van der Waals surface area contributed by atoms with Crippen LogP contribution in [0, 0.1) is 5.92 Å². The van der Waals surface area contributed by atoms with Crippen LogP contribution in [0.1, 0.15) is 39.0 Å². The molecule has 2 rings (SSSR count).